The minimum atomic E-state index is -0.970. The van der Waals surface area contributed by atoms with Crippen LogP contribution in [0.5, 0.6) is 5.75 Å². The van der Waals surface area contributed by atoms with Gasteiger partial charge in [-0.1, -0.05) is 0 Å². The Bertz CT molecular complexity index is 540. The molecule has 1 aliphatic rings. The third-order valence-electron chi connectivity index (χ3n) is 3.00. The van der Waals surface area contributed by atoms with E-state index in [0.717, 1.165) is 0 Å². The third kappa shape index (κ3) is 3.05. The van der Waals surface area contributed by atoms with Gasteiger partial charge in [0.15, 0.2) is 6.61 Å². The van der Waals surface area contributed by atoms with Crippen LogP contribution in [-0.4, -0.2) is 36.0 Å². The summed E-state index contributed by atoms with van der Waals surface area (Å²) >= 11 is 0. The van der Waals surface area contributed by atoms with Crippen molar-refractivity contribution in [2.75, 3.05) is 18.1 Å². The van der Waals surface area contributed by atoms with Crippen LogP contribution >= 0.6 is 0 Å². The molecule has 3 N–H and O–H groups in total. The van der Waals surface area contributed by atoms with Gasteiger partial charge in [-0.05, 0) is 24.3 Å². The van der Waals surface area contributed by atoms with E-state index in [0.29, 0.717) is 11.4 Å². The zero-order valence-electron chi connectivity index (χ0n) is 10.6. The van der Waals surface area contributed by atoms with Crippen molar-refractivity contribution in [1.82, 2.24) is 0 Å². The maximum atomic E-state index is 11.8. The smallest absolute Gasteiger partial charge is 0.308 e. The number of rotatable bonds is 5. The molecule has 1 atom stereocenters. The van der Waals surface area contributed by atoms with Crippen molar-refractivity contribution in [3.05, 3.63) is 24.3 Å². The molecule has 7 heteroatoms. The van der Waals surface area contributed by atoms with E-state index < -0.39 is 17.8 Å². The van der Waals surface area contributed by atoms with Gasteiger partial charge in [-0.3, -0.25) is 14.4 Å². The molecule has 1 fully saturated rings. The van der Waals surface area contributed by atoms with E-state index in [1.807, 2.05) is 0 Å². The van der Waals surface area contributed by atoms with Gasteiger partial charge in [0.25, 0.3) is 5.91 Å². The van der Waals surface area contributed by atoms with E-state index in [1.165, 1.54) is 4.90 Å². The number of carboxylic acids is 1. The largest absolute Gasteiger partial charge is 0.484 e. The van der Waals surface area contributed by atoms with E-state index in [1.54, 1.807) is 24.3 Å². The zero-order valence-corrected chi connectivity index (χ0v) is 10.6. The lowest BCUT2D eigenvalue weighted by Gasteiger charge is -2.16. The molecule has 0 saturated carbocycles. The summed E-state index contributed by atoms with van der Waals surface area (Å²) in [6, 6.07) is 6.47. The molecule has 106 valence electrons. The highest BCUT2D eigenvalue weighted by Crippen LogP contribution is 2.26. The van der Waals surface area contributed by atoms with Crippen LogP contribution in [-0.2, 0) is 14.4 Å². The number of carbonyl (C=O) groups is 3. The van der Waals surface area contributed by atoms with Gasteiger partial charge in [-0.15, -0.1) is 0 Å². The first-order valence-electron chi connectivity index (χ1n) is 6.01. The molecule has 7 nitrogen and oxygen atoms in total. The van der Waals surface area contributed by atoms with Crippen molar-refractivity contribution in [2.45, 2.75) is 6.42 Å². The molecule has 1 aromatic carbocycles. The second kappa shape index (κ2) is 5.60. The highest BCUT2D eigenvalue weighted by Gasteiger charge is 2.34. The summed E-state index contributed by atoms with van der Waals surface area (Å²) in [4.78, 5) is 34.7. The summed E-state index contributed by atoms with van der Waals surface area (Å²) in [5.74, 6) is -1.99. The van der Waals surface area contributed by atoms with E-state index in [4.69, 9.17) is 15.6 Å². The molecule has 2 rings (SSSR count). The number of benzene rings is 1. The van der Waals surface area contributed by atoms with Crippen LogP contribution in [0.1, 0.15) is 6.42 Å². The molecular formula is C13H14N2O5. The molecule has 1 aromatic rings. The fraction of sp³-hybridized carbons (Fsp3) is 0.308. The number of nitrogens with zero attached hydrogens (tertiary/aromatic N) is 1. The summed E-state index contributed by atoms with van der Waals surface area (Å²) in [6.45, 7) is -0.0568. The van der Waals surface area contributed by atoms with Crippen molar-refractivity contribution in [2.24, 2.45) is 11.7 Å². The molecular weight excluding hydrogens is 264 g/mol. The number of anilines is 1. The molecule has 1 saturated heterocycles. The molecule has 0 unspecified atom stereocenters. The van der Waals surface area contributed by atoms with Crippen molar-refractivity contribution < 1.29 is 24.2 Å². The maximum absolute atomic E-state index is 11.8. The Kier molecular flexibility index (Phi) is 3.88. The van der Waals surface area contributed by atoms with Crippen LogP contribution in [0.2, 0.25) is 0 Å². The van der Waals surface area contributed by atoms with Crippen LogP contribution in [0.4, 0.5) is 5.69 Å². The summed E-state index contributed by atoms with van der Waals surface area (Å²) in [6.07, 6.45) is 0.00919. The summed E-state index contributed by atoms with van der Waals surface area (Å²) in [7, 11) is 0. The molecule has 0 aromatic heterocycles. The van der Waals surface area contributed by atoms with E-state index >= 15 is 0 Å². The van der Waals surface area contributed by atoms with Gasteiger partial charge >= 0.3 is 5.97 Å². The van der Waals surface area contributed by atoms with E-state index in [9.17, 15) is 14.4 Å². The third-order valence-corrected chi connectivity index (χ3v) is 3.00. The van der Waals surface area contributed by atoms with Gasteiger partial charge < -0.3 is 20.5 Å². The first-order chi connectivity index (χ1) is 9.47. The predicted molar refractivity (Wildman–Crippen MR) is 69.2 cm³/mol. The number of hydrogen-bond acceptors (Lipinski definition) is 4. The molecule has 20 heavy (non-hydrogen) atoms. The van der Waals surface area contributed by atoms with Gasteiger partial charge in [-0.25, -0.2) is 0 Å². The van der Waals surface area contributed by atoms with Gasteiger partial charge in [0.2, 0.25) is 5.91 Å². The normalized spacial score (nSPS) is 18.1. The lowest BCUT2D eigenvalue weighted by atomic mass is 10.1. The second-order valence-corrected chi connectivity index (χ2v) is 4.49. The summed E-state index contributed by atoms with van der Waals surface area (Å²) < 4.78 is 5.10. The van der Waals surface area contributed by atoms with Crippen molar-refractivity contribution in [3.8, 4) is 5.75 Å². The molecule has 1 heterocycles. The van der Waals surface area contributed by atoms with E-state index in [2.05, 4.69) is 0 Å². The highest BCUT2D eigenvalue weighted by molar-refractivity contribution is 5.99. The quantitative estimate of drug-likeness (QED) is 0.787. The minimum Gasteiger partial charge on any atom is -0.484 e. The monoisotopic (exact) mass is 278 g/mol. The van der Waals surface area contributed by atoms with Gasteiger partial charge in [0.05, 0.1) is 5.92 Å². The number of carboxylic acid groups (broad SMARTS) is 1. The average molecular weight is 278 g/mol. The molecule has 1 aliphatic heterocycles. The number of carbonyl (C=O) groups excluding carboxylic acids is 2. The van der Waals surface area contributed by atoms with Crippen molar-refractivity contribution >= 4 is 23.5 Å². The number of aliphatic carboxylic acids is 1. The molecule has 0 spiro atoms. The van der Waals surface area contributed by atoms with Crippen molar-refractivity contribution in [3.63, 3.8) is 0 Å². The highest BCUT2D eigenvalue weighted by atomic mass is 16.5. The van der Waals surface area contributed by atoms with Crippen LogP contribution in [0.15, 0.2) is 24.3 Å². The number of amides is 2. The number of hydrogen-bond donors (Lipinski definition) is 2. The Morgan fingerprint density at radius 3 is 2.50 bits per heavy atom. The first-order valence-corrected chi connectivity index (χ1v) is 6.01. The first kappa shape index (κ1) is 13.9. The minimum absolute atomic E-state index is 0.00919. The number of nitrogens with two attached hydrogens (primary N) is 1. The Balaban J connectivity index is 2.05. The zero-order chi connectivity index (χ0) is 14.7. The Labute approximate surface area is 114 Å². The molecule has 0 bridgehead atoms. The van der Waals surface area contributed by atoms with Crippen LogP contribution < -0.4 is 15.4 Å². The standard InChI is InChI=1S/C13H14N2O5/c14-11(16)7-20-10-3-1-9(2-4-10)15-6-8(13(18)19)5-12(15)17/h1-4,8H,5-7H2,(H2,14,16)(H,18,19)/t8-/m1/s1. The molecule has 2 amide bonds. The van der Waals surface area contributed by atoms with Crippen molar-refractivity contribution in [1.29, 1.82) is 0 Å². The lowest BCUT2D eigenvalue weighted by Crippen LogP contribution is -2.25. The Morgan fingerprint density at radius 1 is 1.35 bits per heavy atom. The second-order valence-electron chi connectivity index (χ2n) is 4.49. The Hall–Kier alpha value is -2.57. The lowest BCUT2D eigenvalue weighted by molar-refractivity contribution is -0.141. The summed E-state index contributed by atoms with van der Waals surface area (Å²) in [5, 5.41) is 8.92. The number of ether oxygens (including phenoxy) is 1. The molecule has 0 radical (unpaired) electrons. The fourth-order valence-electron chi connectivity index (χ4n) is 2.00. The Morgan fingerprint density at radius 2 is 2.00 bits per heavy atom. The SMILES string of the molecule is NC(=O)COc1ccc(N2C[C@H](C(=O)O)CC2=O)cc1. The van der Waals surface area contributed by atoms with Crippen LogP contribution in [0, 0.1) is 5.92 Å². The topological polar surface area (TPSA) is 110 Å². The van der Waals surface area contributed by atoms with Gasteiger partial charge in [-0.2, -0.15) is 0 Å². The van der Waals surface area contributed by atoms with Crippen LogP contribution in [0.3, 0.4) is 0 Å². The van der Waals surface area contributed by atoms with E-state index in [-0.39, 0.29) is 25.5 Å². The average Bonchev–Trinajstić information content (AvgIpc) is 2.79. The molecule has 0 aliphatic carbocycles. The maximum Gasteiger partial charge on any atom is 0.308 e. The van der Waals surface area contributed by atoms with Gasteiger partial charge in [0.1, 0.15) is 5.75 Å². The number of primary amides is 1. The van der Waals surface area contributed by atoms with Gasteiger partial charge in [0, 0.05) is 18.7 Å². The fourth-order valence-corrected chi connectivity index (χ4v) is 2.00. The summed E-state index contributed by atoms with van der Waals surface area (Å²) in [5.41, 5.74) is 5.56. The predicted octanol–water partition coefficient (Wildman–Crippen LogP) is -0.0118. The van der Waals surface area contributed by atoms with Crippen LogP contribution in [0.25, 0.3) is 0 Å².